The first-order valence-electron chi connectivity index (χ1n) is 4.88. The molecule has 1 atom stereocenters. The third kappa shape index (κ3) is 2.21. The summed E-state index contributed by atoms with van der Waals surface area (Å²) < 4.78 is 0. The van der Waals surface area contributed by atoms with Crippen LogP contribution in [-0.2, 0) is 0 Å². The van der Waals surface area contributed by atoms with Crippen molar-refractivity contribution in [1.82, 2.24) is 9.97 Å². The lowest BCUT2D eigenvalue weighted by Crippen LogP contribution is -2.04. The minimum atomic E-state index is -0.785. The summed E-state index contributed by atoms with van der Waals surface area (Å²) in [5, 5.41) is 10.7. The van der Waals surface area contributed by atoms with Gasteiger partial charge in [0.05, 0.1) is 11.9 Å². The molecule has 0 aliphatic carbocycles. The Morgan fingerprint density at radius 2 is 2.12 bits per heavy atom. The van der Waals surface area contributed by atoms with E-state index >= 15 is 0 Å². The maximum atomic E-state index is 10.1. The first-order valence-corrected chi connectivity index (χ1v) is 5.26. The zero-order valence-electron chi connectivity index (χ0n) is 8.76. The molecule has 16 heavy (non-hydrogen) atoms. The largest absolute Gasteiger partial charge is 0.382 e. The van der Waals surface area contributed by atoms with Gasteiger partial charge < -0.3 is 5.11 Å². The van der Waals surface area contributed by atoms with Crippen LogP contribution in [0.3, 0.4) is 0 Å². The van der Waals surface area contributed by atoms with E-state index in [0.29, 0.717) is 10.7 Å². The van der Waals surface area contributed by atoms with Gasteiger partial charge in [0.15, 0.2) is 0 Å². The molecule has 1 aromatic heterocycles. The third-order valence-electron chi connectivity index (χ3n) is 2.40. The van der Waals surface area contributed by atoms with Crippen molar-refractivity contribution in [3.05, 3.63) is 58.6 Å². The third-order valence-corrected chi connectivity index (χ3v) is 2.63. The number of aliphatic hydroxyl groups is 1. The molecule has 2 rings (SSSR count). The van der Waals surface area contributed by atoms with Gasteiger partial charge in [-0.1, -0.05) is 17.7 Å². The van der Waals surface area contributed by atoms with E-state index in [1.165, 1.54) is 0 Å². The number of halogens is 1. The number of aromatic nitrogens is 2. The molecule has 1 N–H and O–H groups in total. The molecule has 0 radical (unpaired) electrons. The number of hydrogen-bond donors (Lipinski definition) is 1. The smallest absolute Gasteiger partial charge is 0.123 e. The highest BCUT2D eigenvalue weighted by Crippen LogP contribution is 2.25. The van der Waals surface area contributed by atoms with Crippen LogP contribution >= 0.6 is 11.6 Å². The highest BCUT2D eigenvalue weighted by atomic mass is 35.5. The number of rotatable bonds is 2. The van der Waals surface area contributed by atoms with Crippen molar-refractivity contribution in [3.8, 4) is 0 Å². The number of aliphatic hydroxyl groups excluding tert-OH is 1. The van der Waals surface area contributed by atoms with Crippen molar-refractivity contribution in [1.29, 1.82) is 0 Å². The standard InChI is InChI=1S/C12H11ClN2O/c1-8-2-3-9(13)6-10(8)12(16)11-7-14-4-5-15-11/h2-7,12,16H,1H3. The van der Waals surface area contributed by atoms with Crippen LogP contribution in [0.25, 0.3) is 0 Å². The number of benzene rings is 1. The van der Waals surface area contributed by atoms with E-state index in [9.17, 15) is 5.11 Å². The van der Waals surface area contributed by atoms with Crippen LogP contribution in [0.4, 0.5) is 0 Å². The Kier molecular flexibility index (Phi) is 3.17. The van der Waals surface area contributed by atoms with E-state index in [1.807, 2.05) is 13.0 Å². The van der Waals surface area contributed by atoms with Crippen molar-refractivity contribution in [2.24, 2.45) is 0 Å². The van der Waals surface area contributed by atoms with E-state index < -0.39 is 6.10 Å². The second-order valence-corrected chi connectivity index (χ2v) is 3.97. The van der Waals surface area contributed by atoms with Crippen LogP contribution in [0.1, 0.15) is 22.9 Å². The molecule has 3 nitrogen and oxygen atoms in total. The maximum absolute atomic E-state index is 10.1. The van der Waals surface area contributed by atoms with Crippen LogP contribution in [0, 0.1) is 6.92 Å². The molecule has 0 aliphatic rings. The van der Waals surface area contributed by atoms with Gasteiger partial charge in [-0.2, -0.15) is 0 Å². The molecule has 0 aliphatic heterocycles. The molecule has 0 bridgehead atoms. The van der Waals surface area contributed by atoms with Crippen LogP contribution < -0.4 is 0 Å². The molecule has 0 saturated carbocycles. The van der Waals surface area contributed by atoms with Crippen LogP contribution in [-0.4, -0.2) is 15.1 Å². The van der Waals surface area contributed by atoms with E-state index in [4.69, 9.17) is 11.6 Å². The van der Waals surface area contributed by atoms with Crippen molar-refractivity contribution in [3.63, 3.8) is 0 Å². The van der Waals surface area contributed by atoms with Gasteiger partial charge in [0.1, 0.15) is 6.10 Å². The van der Waals surface area contributed by atoms with Crippen molar-refractivity contribution in [2.75, 3.05) is 0 Å². The number of hydrogen-bond acceptors (Lipinski definition) is 3. The molecule has 1 heterocycles. The SMILES string of the molecule is Cc1ccc(Cl)cc1C(O)c1cnccn1. The molecule has 2 aromatic rings. The van der Waals surface area contributed by atoms with Gasteiger partial charge in [0.2, 0.25) is 0 Å². The molecule has 1 aromatic carbocycles. The predicted molar refractivity (Wildman–Crippen MR) is 62.3 cm³/mol. The molecule has 1 unspecified atom stereocenters. The summed E-state index contributed by atoms with van der Waals surface area (Å²) in [6.07, 6.45) is 3.89. The van der Waals surface area contributed by atoms with E-state index in [0.717, 1.165) is 11.1 Å². The van der Waals surface area contributed by atoms with Crippen LogP contribution in [0.2, 0.25) is 5.02 Å². The molecule has 0 spiro atoms. The quantitative estimate of drug-likeness (QED) is 0.869. The number of aryl methyl sites for hydroxylation is 1. The highest BCUT2D eigenvalue weighted by molar-refractivity contribution is 6.30. The lowest BCUT2D eigenvalue weighted by molar-refractivity contribution is 0.214. The fraction of sp³-hybridized carbons (Fsp3) is 0.167. The Balaban J connectivity index is 2.41. The summed E-state index contributed by atoms with van der Waals surface area (Å²) in [6, 6.07) is 5.41. The average Bonchev–Trinajstić information content (AvgIpc) is 2.32. The van der Waals surface area contributed by atoms with Crippen molar-refractivity contribution < 1.29 is 5.11 Å². The maximum Gasteiger partial charge on any atom is 0.123 e. The predicted octanol–water partition coefficient (Wildman–Crippen LogP) is 2.52. The first kappa shape index (κ1) is 11.0. The van der Waals surface area contributed by atoms with Gasteiger partial charge in [-0.3, -0.25) is 9.97 Å². The summed E-state index contributed by atoms with van der Waals surface area (Å²) in [5.41, 5.74) is 2.25. The fourth-order valence-corrected chi connectivity index (χ4v) is 1.70. The van der Waals surface area contributed by atoms with Crippen molar-refractivity contribution in [2.45, 2.75) is 13.0 Å². The van der Waals surface area contributed by atoms with Gasteiger partial charge in [-0.25, -0.2) is 0 Å². The zero-order chi connectivity index (χ0) is 11.5. The molecule has 82 valence electrons. The average molecular weight is 235 g/mol. The molecule has 0 amide bonds. The zero-order valence-corrected chi connectivity index (χ0v) is 9.52. The van der Waals surface area contributed by atoms with Gasteiger partial charge >= 0.3 is 0 Å². The Hall–Kier alpha value is -1.45. The van der Waals surface area contributed by atoms with Gasteiger partial charge in [-0.15, -0.1) is 0 Å². The Morgan fingerprint density at radius 1 is 1.31 bits per heavy atom. The highest BCUT2D eigenvalue weighted by Gasteiger charge is 2.14. The van der Waals surface area contributed by atoms with E-state index in [2.05, 4.69) is 9.97 Å². The van der Waals surface area contributed by atoms with Gasteiger partial charge in [0.25, 0.3) is 0 Å². The second kappa shape index (κ2) is 4.60. The summed E-state index contributed by atoms with van der Waals surface area (Å²) in [5.74, 6) is 0. The summed E-state index contributed by atoms with van der Waals surface area (Å²) >= 11 is 5.90. The van der Waals surface area contributed by atoms with Gasteiger partial charge in [-0.05, 0) is 30.2 Å². The fourth-order valence-electron chi connectivity index (χ4n) is 1.52. The topological polar surface area (TPSA) is 46.0 Å². The lowest BCUT2D eigenvalue weighted by atomic mass is 10.0. The monoisotopic (exact) mass is 234 g/mol. The minimum Gasteiger partial charge on any atom is -0.382 e. The molecule has 0 saturated heterocycles. The minimum absolute atomic E-state index is 0.521. The van der Waals surface area contributed by atoms with Crippen LogP contribution in [0.15, 0.2) is 36.8 Å². The molecule has 4 heteroatoms. The first-order chi connectivity index (χ1) is 7.68. The summed E-state index contributed by atoms with van der Waals surface area (Å²) in [6.45, 7) is 1.92. The lowest BCUT2D eigenvalue weighted by Gasteiger charge is -2.12. The van der Waals surface area contributed by atoms with E-state index in [-0.39, 0.29) is 0 Å². The Labute approximate surface area is 98.8 Å². The van der Waals surface area contributed by atoms with E-state index in [1.54, 1.807) is 30.7 Å². The van der Waals surface area contributed by atoms with Gasteiger partial charge in [0, 0.05) is 17.4 Å². The Bertz CT molecular complexity index is 488. The summed E-state index contributed by atoms with van der Waals surface area (Å²) in [4.78, 5) is 8.00. The Morgan fingerprint density at radius 3 is 2.81 bits per heavy atom. The molecule has 0 fully saturated rings. The summed E-state index contributed by atoms with van der Waals surface area (Å²) in [7, 11) is 0. The van der Waals surface area contributed by atoms with Crippen LogP contribution in [0.5, 0.6) is 0 Å². The molecular weight excluding hydrogens is 224 g/mol. The van der Waals surface area contributed by atoms with Crippen molar-refractivity contribution >= 4 is 11.6 Å². The number of nitrogens with zero attached hydrogens (tertiary/aromatic N) is 2. The molecular formula is C12H11ClN2O. The second-order valence-electron chi connectivity index (χ2n) is 3.53. The normalized spacial score (nSPS) is 12.4.